The summed E-state index contributed by atoms with van der Waals surface area (Å²) in [5.74, 6) is 0.572. The van der Waals surface area contributed by atoms with Crippen molar-refractivity contribution in [3.63, 3.8) is 0 Å². The normalized spacial score (nSPS) is 9.36. The van der Waals surface area contributed by atoms with Crippen LogP contribution in [-0.4, -0.2) is 35.3 Å². The molecule has 8 heteroatoms. The van der Waals surface area contributed by atoms with E-state index in [4.69, 9.17) is 5.53 Å². The fourth-order valence-electron chi connectivity index (χ4n) is 0.712. The van der Waals surface area contributed by atoms with Crippen LogP contribution in [0.25, 0.3) is 10.4 Å². The van der Waals surface area contributed by atoms with Crippen LogP contribution in [0.5, 0.6) is 0 Å². The summed E-state index contributed by atoms with van der Waals surface area (Å²) in [7, 11) is 3.61. The Morgan fingerprint density at radius 2 is 2.07 bits per heavy atom. The Kier molecular flexibility index (Phi) is 3.49. The first kappa shape index (κ1) is 10.6. The van der Waals surface area contributed by atoms with Gasteiger partial charge in [0.15, 0.2) is 5.16 Å². The molecule has 0 aliphatic heterocycles. The molecule has 0 N–H and O–H groups in total. The van der Waals surface area contributed by atoms with Gasteiger partial charge in [-0.1, -0.05) is 11.8 Å². The van der Waals surface area contributed by atoms with Gasteiger partial charge in [-0.25, -0.2) is 4.98 Å². The number of hydrogen-bond acceptors (Lipinski definition) is 6. The lowest BCUT2D eigenvalue weighted by Gasteiger charge is -2.10. The van der Waals surface area contributed by atoms with E-state index in [1.54, 1.807) is 19.0 Å². The molecule has 1 rings (SSSR count). The van der Waals surface area contributed by atoms with Gasteiger partial charge in [0.2, 0.25) is 11.9 Å². The first-order chi connectivity index (χ1) is 6.67. The van der Waals surface area contributed by atoms with E-state index in [-0.39, 0.29) is 5.95 Å². The summed E-state index contributed by atoms with van der Waals surface area (Å²) in [4.78, 5) is 16.3. The van der Waals surface area contributed by atoms with Crippen LogP contribution in [0, 0.1) is 0 Å². The lowest BCUT2D eigenvalue weighted by Crippen LogP contribution is -2.13. The Balaban J connectivity index is 3.19. The van der Waals surface area contributed by atoms with Gasteiger partial charge in [0.25, 0.3) is 0 Å². The van der Waals surface area contributed by atoms with E-state index in [0.29, 0.717) is 11.1 Å². The molecule has 0 radical (unpaired) electrons. The molecule has 0 atom stereocenters. The van der Waals surface area contributed by atoms with Crippen molar-refractivity contribution >= 4 is 23.7 Å². The highest BCUT2D eigenvalue weighted by atomic mass is 32.2. The molecular formula is C6H9N7S. The highest BCUT2D eigenvalue weighted by molar-refractivity contribution is 7.98. The van der Waals surface area contributed by atoms with Gasteiger partial charge in [-0.2, -0.15) is 9.97 Å². The molecule has 0 spiro atoms. The summed E-state index contributed by atoms with van der Waals surface area (Å²) >= 11 is 1.37. The smallest absolute Gasteiger partial charge is 0.229 e. The minimum atomic E-state index is 0.0931. The minimum absolute atomic E-state index is 0.0931. The molecule has 0 fully saturated rings. The maximum absolute atomic E-state index is 8.25. The van der Waals surface area contributed by atoms with Gasteiger partial charge >= 0.3 is 0 Å². The quantitative estimate of drug-likeness (QED) is 0.328. The van der Waals surface area contributed by atoms with Gasteiger partial charge < -0.3 is 4.90 Å². The summed E-state index contributed by atoms with van der Waals surface area (Å²) in [5, 5.41) is 3.87. The Hall–Kier alpha value is -1.53. The maximum Gasteiger partial charge on any atom is 0.229 e. The van der Waals surface area contributed by atoms with Crippen molar-refractivity contribution in [2.45, 2.75) is 5.16 Å². The zero-order chi connectivity index (χ0) is 10.6. The van der Waals surface area contributed by atoms with Crippen LogP contribution in [0.15, 0.2) is 10.3 Å². The average molecular weight is 211 g/mol. The Labute approximate surface area is 85.2 Å². The Bertz CT molecular complexity index is 370. The molecule has 0 aliphatic rings. The van der Waals surface area contributed by atoms with Gasteiger partial charge in [-0.15, -0.1) is 0 Å². The molecule has 1 aromatic rings. The zero-order valence-corrected chi connectivity index (χ0v) is 8.86. The SMILES string of the molecule is CSc1nc(N=[N+]=[N-])nc(N(C)C)n1. The molecule has 0 saturated carbocycles. The van der Waals surface area contributed by atoms with Crippen LogP contribution in [0.3, 0.4) is 0 Å². The van der Waals surface area contributed by atoms with E-state index in [1.807, 2.05) is 6.26 Å². The molecule has 1 aromatic heterocycles. The number of thioether (sulfide) groups is 1. The van der Waals surface area contributed by atoms with Crippen molar-refractivity contribution in [3.05, 3.63) is 10.4 Å². The lowest BCUT2D eigenvalue weighted by molar-refractivity contribution is 0.865. The molecule has 0 bridgehead atoms. The van der Waals surface area contributed by atoms with Crippen molar-refractivity contribution in [2.75, 3.05) is 25.3 Å². The predicted octanol–water partition coefficient (Wildman–Crippen LogP) is 1.60. The van der Waals surface area contributed by atoms with E-state index >= 15 is 0 Å². The number of rotatable bonds is 3. The number of hydrogen-bond donors (Lipinski definition) is 0. The predicted molar refractivity (Wildman–Crippen MR) is 54.7 cm³/mol. The molecule has 14 heavy (non-hydrogen) atoms. The number of anilines is 1. The van der Waals surface area contributed by atoms with Crippen LogP contribution in [0.4, 0.5) is 11.9 Å². The van der Waals surface area contributed by atoms with Crippen LogP contribution >= 0.6 is 11.8 Å². The summed E-state index contributed by atoms with van der Waals surface area (Å²) in [6.07, 6.45) is 1.84. The molecular weight excluding hydrogens is 202 g/mol. The summed E-state index contributed by atoms with van der Waals surface area (Å²) in [5.41, 5.74) is 8.25. The Morgan fingerprint density at radius 3 is 2.57 bits per heavy atom. The van der Waals surface area contributed by atoms with Gasteiger partial charge in [0, 0.05) is 19.0 Å². The minimum Gasteiger partial charge on any atom is -0.347 e. The largest absolute Gasteiger partial charge is 0.347 e. The number of azide groups is 1. The van der Waals surface area contributed by atoms with Gasteiger partial charge in [-0.3, -0.25) is 0 Å². The first-order valence-corrected chi connectivity index (χ1v) is 4.92. The monoisotopic (exact) mass is 211 g/mol. The second-order valence-electron chi connectivity index (χ2n) is 2.51. The third-order valence-electron chi connectivity index (χ3n) is 1.31. The molecule has 7 nitrogen and oxygen atoms in total. The van der Waals surface area contributed by atoms with Crippen molar-refractivity contribution < 1.29 is 0 Å². The summed E-state index contributed by atoms with van der Waals surface area (Å²) in [6, 6.07) is 0. The summed E-state index contributed by atoms with van der Waals surface area (Å²) in [6.45, 7) is 0. The fourth-order valence-corrected chi connectivity index (χ4v) is 1.06. The van der Waals surface area contributed by atoms with Crippen LogP contribution < -0.4 is 4.90 Å². The van der Waals surface area contributed by atoms with E-state index in [0.717, 1.165) is 0 Å². The van der Waals surface area contributed by atoms with Crippen molar-refractivity contribution in [1.29, 1.82) is 0 Å². The maximum atomic E-state index is 8.25. The highest BCUT2D eigenvalue weighted by Gasteiger charge is 2.05. The van der Waals surface area contributed by atoms with Gasteiger partial charge in [0.05, 0.1) is 0 Å². The molecule has 1 heterocycles. The van der Waals surface area contributed by atoms with Crippen molar-refractivity contribution in [2.24, 2.45) is 5.11 Å². The highest BCUT2D eigenvalue weighted by Crippen LogP contribution is 2.16. The topological polar surface area (TPSA) is 90.7 Å². The third kappa shape index (κ3) is 2.48. The molecule has 0 saturated heterocycles. The van der Waals surface area contributed by atoms with E-state index in [9.17, 15) is 0 Å². The van der Waals surface area contributed by atoms with Crippen LogP contribution in [0.1, 0.15) is 0 Å². The fraction of sp³-hybridized carbons (Fsp3) is 0.500. The van der Waals surface area contributed by atoms with Crippen molar-refractivity contribution in [1.82, 2.24) is 15.0 Å². The van der Waals surface area contributed by atoms with E-state index in [1.165, 1.54) is 11.8 Å². The summed E-state index contributed by atoms with van der Waals surface area (Å²) < 4.78 is 0. The van der Waals surface area contributed by atoms with Gasteiger partial charge in [-0.05, 0) is 16.9 Å². The zero-order valence-electron chi connectivity index (χ0n) is 8.04. The second-order valence-corrected chi connectivity index (χ2v) is 3.28. The average Bonchev–Trinajstić information content (AvgIpc) is 2.17. The number of nitrogens with zero attached hydrogens (tertiary/aromatic N) is 7. The molecule has 0 unspecified atom stereocenters. The van der Waals surface area contributed by atoms with Crippen molar-refractivity contribution in [3.8, 4) is 0 Å². The molecule has 0 aromatic carbocycles. The molecule has 74 valence electrons. The molecule has 0 amide bonds. The van der Waals surface area contributed by atoms with E-state index in [2.05, 4.69) is 25.0 Å². The first-order valence-electron chi connectivity index (χ1n) is 3.70. The number of aromatic nitrogens is 3. The van der Waals surface area contributed by atoms with E-state index < -0.39 is 0 Å². The van der Waals surface area contributed by atoms with Crippen LogP contribution in [0.2, 0.25) is 0 Å². The van der Waals surface area contributed by atoms with Gasteiger partial charge in [0.1, 0.15) is 0 Å². The lowest BCUT2D eigenvalue weighted by atomic mass is 10.8. The Morgan fingerprint density at radius 1 is 1.36 bits per heavy atom. The second kappa shape index (κ2) is 4.64. The van der Waals surface area contributed by atoms with Crippen LogP contribution in [-0.2, 0) is 0 Å². The third-order valence-corrected chi connectivity index (χ3v) is 1.86. The standard InChI is InChI=1S/C6H9N7S/c1-13(2)5-8-4(11-12-7)9-6(10-5)14-3/h1-3H3. The molecule has 0 aliphatic carbocycles.